The molecule has 12 heavy (non-hydrogen) atoms. The molecule has 0 amide bonds. The molecule has 0 spiro atoms. The molecule has 73 valence electrons. The molecule has 0 saturated heterocycles. The van der Waals surface area contributed by atoms with Crippen molar-refractivity contribution < 1.29 is 4.43 Å². The molecule has 0 aromatic carbocycles. The Balaban J connectivity index is 3.19. The molecule has 0 aliphatic carbocycles. The van der Waals surface area contributed by atoms with Gasteiger partial charge in [-0.1, -0.05) is 0 Å². The van der Waals surface area contributed by atoms with E-state index in [-0.39, 0.29) is 0 Å². The van der Waals surface area contributed by atoms with Crippen LogP contribution in [0.1, 0.15) is 6.42 Å². The number of hydrogen-bond acceptors (Lipinski definition) is 2. The Labute approximate surface area is 76.8 Å². The van der Waals surface area contributed by atoms with Crippen molar-refractivity contribution in [3.05, 3.63) is 0 Å². The van der Waals surface area contributed by atoms with Crippen molar-refractivity contribution in [1.29, 1.82) is 0 Å². The van der Waals surface area contributed by atoms with Crippen LogP contribution < -0.4 is 11.1 Å². The second kappa shape index (κ2) is 6.60. The molecular formula is C8H21N2OSi. The van der Waals surface area contributed by atoms with E-state index in [2.05, 4.69) is 18.4 Å². The van der Waals surface area contributed by atoms with Crippen LogP contribution in [0.2, 0.25) is 19.1 Å². The first-order valence-corrected chi connectivity index (χ1v) is 7.62. The lowest BCUT2D eigenvalue weighted by molar-refractivity contribution is 0.401. The van der Waals surface area contributed by atoms with Crippen LogP contribution >= 0.6 is 0 Å². The van der Waals surface area contributed by atoms with Gasteiger partial charge < -0.3 is 10.2 Å². The Hall–Kier alpha value is 0.0969. The second-order valence-electron chi connectivity index (χ2n) is 3.53. The van der Waals surface area contributed by atoms with Crippen LogP contribution in [-0.2, 0) is 4.43 Å². The monoisotopic (exact) mass is 189 g/mol. The molecule has 0 heterocycles. The first kappa shape index (κ1) is 12.1. The fourth-order valence-corrected chi connectivity index (χ4v) is 2.14. The average molecular weight is 189 g/mol. The molecule has 0 unspecified atom stereocenters. The Morgan fingerprint density at radius 3 is 2.50 bits per heavy atom. The standard InChI is InChI=1S/C8H21N2OSi/c1-11-12(2,3)8-4-6-10-7-5-9/h4-9H2,1-3H3. The molecule has 0 rings (SSSR count). The van der Waals surface area contributed by atoms with Gasteiger partial charge in [0.25, 0.3) is 0 Å². The predicted molar refractivity (Wildman–Crippen MR) is 54.8 cm³/mol. The zero-order chi connectivity index (χ0) is 9.45. The summed E-state index contributed by atoms with van der Waals surface area (Å²) in [6.07, 6.45) is 1.15. The summed E-state index contributed by atoms with van der Waals surface area (Å²) in [5, 5.41) is 4.27. The van der Waals surface area contributed by atoms with E-state index >= 15 is 0 Å². The zero-order valence-electron chi connectivity index (χ0n) is 8.47. The molecule has 4 heteroatoms. The van der Waals surface area contributed by atoms with E-state index in [9.17, 15) is 0 Å². The van der Waals surface area contributed by atoms with Gasteiger partial charge >= 0.3 is 0 Å². The Morgan fingerprint density at radius 1 is 1.33 bits per heavy atom. The fourth-order valence-electron chi connectivity index (χ4n) is 0.922. The van der Waals surface area contributed by atoms with Gasteiger partial charge in [-0.3, -0.25) is 0 Å². The Morgan fingerprint density at radius 2 is 2.00 bits per heavy atom. The average Bonchev–Trinajstić information content (AvgIpc) is 2.04. The van der Waals surface area contributed by atoms with Gasteiger partial charge in [-0.05, 0) is 25.6 Å². The smallest absolute Gasteiger partial charge is 0.186 e. The van der Waals surface area contributed by atoms with E-state index in [0.29, 0.717) is 6.54 Å². The maximum Gasteiger partial charge on any atom is 0.186 e. The molecule has 0 saturated carbocycles. The maximum absolute atomic E-state index is 5.42. The van der Waals surface area contributed by atoms with Gasteiger partial charge in [-0.2, -0.15) is 0 Å². The predicted octanol–water partition coefficient (Wildman–Crippen LogP) is 0.791. The van der Waals surface area contributed by atoms with Crippen LogP contribution in [0.3, 0.4) is 0 Å². The lowest BCUT2D eigenvalue weighted by Crippen LogP contribution is -2.29. The van der Waals surface area contributed by atoms with Crippen LogP contribution in [0.25, 0.3) is 0 Å². The lowest BCUT2D eigenvalue weighted by atomic mass is 10.5. The first-order chi connectivity index (χ1) is 5.62. The normalized spacial score (nSPS) is 12.0. The van der Waals surface area contributed by atoms with E-state index in [0.717, 1.165) is 19.5 Å². The zero-order valence-corrected chi connectivity index (χ0v) is 9.47. The van der Waals surface area contributed by atoms with Gasteiger partial charge in [0.15, 0.2) is 8.32 Å². The van der Waals surface area contributed by atoms with Crippen molar-refractivity contribution in [3.63, 3.8) is 0 Å². The van der Waals surface area contributed by atoms with Crippen LogP contribution in [0.5, 0.6) is 0 Å². The minimum Gasteiger partial charge on any atom is -0.420 e. The summed E-state index contributed by atoms with van der Waals surface area (Å²) in [4.78, 5) is 0. The van der Waals surface area contributed by atoms with Crippen LogP contribution in [-0.4, -0.2) is 35.1 Å². The van der Waals surface area contributed by atoms with E-state index in [1.807, 2.05) is 7.11 Å². The summed E-state index contributed by atoms with van der Waals surface area (Å²) in [7, 11) is 0.480. The minimum absolute atomic E-state index is 0.672. The third-order valence-electron chi connectivity index (χ3n) is 1.93. The highest BCUT2D eigenvalue weighted by Gasteiger charge is 2.19. The molecule has 1 radical (unpaired) electrons. The summed E-state index contributed by atoms with van der Waals surface area (Å²) < 4.78 is 5.42. The van der Waals surface area contributed by atoms with Crippen molar-refractivity contribution in [2.75, 3.05) is 26.7 Å². The van der Waals surface area contributed by atoms with E-state index in [4.69, 9.17) is 10.2 Å². The van der Waals surface area contributed by atoms with Gasteiger partial charge in [0, 0.05) is 26.7 Å². The highest BCUT2D eigenvalue weighted by Crippen LogP contribution is 2.11. The molecule has 0 fully saturated rings. The number of hydrogen-bond donors (Lipinski definition) is 1. The lowest BCUT2D eigenvalue weighted by Gasteiger charge is -2.19. The van der Waals surface area contributed by atoms with E-state index in [1.165, 1.54) is 6.04 Å². The molecule has 0 bridgehead atoms. The van der Waals surface area contributed by atoms with Gasteiger partial charge in [0.05, 0.1) is 0 Å². The van der Waals surface area contributed by atoms with Crippen molar-refractivity contribution in [3.8, 4) is 0 Å². The van der Waals surface area contributed by atoms with Crippen LogP contribution in [0, 0.1) is 0 Å². The molecule has 0 aliphatic rings. The summed E-state index contributed by atoms with van der Waals surface area (Å²) in [5.41, 5.74) is 5.31. The second-order valence-corrected chi connectivity index (χ2v) is 7.95. The molecule has 0 atom stereocenters. The van der Waals surface area contributed by atoms with Crippen LogP contribution in [0.4, 0.5) is 0 Å². The summed E-state index contributed by atoms with van der Waals surface area (Å²) in [5.74, 6) is 0. The topological polar surface area (TPSA) is 49.4 Å². The fraction of sp³-hybridized carbons (Fsp3) is 1.00. The molecule has 0 aliphatic heterocycles. The molecular weight excluding hydrogens is 168 g/mol. The molecule has 0 aromatic heterocycles. The van der Waals surface area contributed by atoms with E-state index < -0.39 is 8.32 Å². The number of rotatable bonds is 7. The van der Waals surface area contributed by atoms with Crippen molar-refractivity contribution >= 4 is 8.32 Å². The third kappa shape index (κ3) is 6.79. The Bertz CT molecular complexity index is 109. The summed E-state index contributed by atoms with van der Waals surface area (Å²) in [6.45, 7) is 6.88. The highest BCUT2D eigenvalue weighted by atomic mass is 28.4. The van der Waals surface area contributed by atoms with Gasteiger partial charge in [-0.15, -0.1) is 0 Å². The van der Waals surface area contributed by atoms with Gasteiger partial charge in [-0.25, -0.2) is 5.32 Å². The molecule has 2 N–H and O–H groups in total. The van der Waals surface area contributed by atoms with Crippen LogP contribution in [0.15, 0.2) is 0 Å². The van der Waals surface area contributed by atoms with Crippen molar-refractivity contribution in [2.45, 2.75) is 25.6 Å². The minimum atomic E-state index is -1.33. The third-order valence-corrected chi connectivity index (χ3v) is 4.60. The highest BCUT2D eigenvalue weighted by molar-refractivity contribution is 6.71. The Kier molecular flexibility index (Phi) is 6.65. The quantitative estimate of drug-likeness (QED) is 0.475. The van der Waals surface area contributed by atoms with Crippen molar-refractivity contribution in [1.82, 2.24) is 5.32 Å². The molecule has 0 aromatic rings. The van der Waals surface area contributed by atoms with Gasteiger partial charge in [0.2, 0.25) is 0 Å². The SMILES string of the molecule is CO[Si](C)(C)CCC[N]CCN. The summed E-state index contributed by atoms with van der Waals surface area (Å²) in [6, 6.07) is 1.19. The first-order valence-electron chi connectivity index (χ1n) is 4.51. The largest absolute Gasteiger partial charge is 0.420 e. The summed E-state index contributed by atoms with van der Waals surface area (Å²) >= 11 is 0. The number of nitrogens with zero attached hydrogens (tertiary/aromatic N) is 1. The van der Waals surface area contributed by atoms with E-state index in [1.54, 1.807) is 0 Å². The molecule has 3 nitrogen and oxygen atoms in total. The van der Waals surface area contributed by atoms with Gasteiger partial charge in [0.1, 0.15) is 0 Å². The van der Waals surface area contributed by atoms with Crippen molar-refractivity contribution in [2.24, 2.45) is 5.73 Å². The number of nitrogens with two attached hydrogens (primary N) is 1. The maximum atomic E-state index is 5.42.